The molecule has 0 saturated heterocycles. The molecule has 0 aliphatic heterocycles. The molecule has 14 heavy (non-hydrogen) atoms. The highest BCUT2D eigenvalue weighted by Crippen LogP contribution is 2.10. The summed E-state index contributed by atoms with van der Waals surface area (Å²) in [4.78, 5) is 0. The Hall–Kier alpha value is -1.06. The van der Waals surface area contributed by atoms with E-state index in [1.165, 1.54) is 0 Å². The Morgan fingerprint density at radius 3 is 2.71 bits per heavy atom. The normalized spacial score (nSPS) is 12.7. The van der Waals surface area contributed by atoms with Crippen molar-refractivity contribution in [3.8, 4) is 0 Å². The molecule has 0 spiro atoms. The van der Waals surface area contributed by atoms with Crippen molar-refractivity contribution in [1.82, 2.24) is 5.32 Å². The van der Waals surface area contributed by atoms with Crippen molar-refractivity contribution in [3.05, 3.63) is 29.8 Å². The lowest BCUT2D eigenvalue weighted by Crippen LogP contribution is -2.31. The Labute approximate surface area is 84.9 Å². The first-order valence-corrected chi connectivity index (χ1v) is 4.95. The maximum atomic E-state index is 8.98. The highest BCUT2D eigenvalue weighted by atomic mass is 16.3. The lowest BCUT2D eigenvalue weighted by molar-refractivity contribution is 0.238. The molecular weight excluding hydrogens is 176 g/mol. The molecule has 1 aromatic rings. The topological polar surface area (TPSA) is 58.3 Å². The van der Waals surface area contributed by atoms with E-state index in [1.54, 1.807) is 0 Å². The molecule has 1 aromatic carbocycles. The molecule has 3 nitrogen and oxygen atoms in total. The van der Waals surface area contributed by atoms with Gasteiger partial charge in [-0.2, -0.15) is 0 Å². The largest absolute Gasteiger partial charge is 0.398 e. The van der Waals surface area contributed by atoms with Crippen LogP contribution in [0.1, 0.15) is 18.9 Å². The molecule has 0 aliphatic rings. The van der Waals surface area contributed by atoms with Crippen LogP contribution in [0.25, 0.3) is 0 Å². The van der Waals surface area contributed by atoms with E-state index in [9.17, 15) is 0 Å². The van der Waals surface area contributed by atoms with Gasteiger partial charge in [0.05, 0.1) is 6.61 Å². The number of hydrogen-bond acceptors (Lipinski definition) is 3. The molecule has 4 N–H and O–H groups in total. The summed E-state index contributed by atoms with van der Waals surface area (Å²) < 4.78 is 0. The summed E-state index contributed by atoms with van der Waals surface area (Å²) in [5.74, 6) is 0. The summed E-state index contributed by atoms with van der Waals surface area (Å²) in [5, 5.41) is 12.2. The van der Waals surface area contributed by atoms with Crippen LogP contribution in [0.2, 0.25) is 0 Å². The average molecular weight is 194 g/mol. The van der Waals surface area contributed by atoms with Gasteiger partial charge in [-0.15, -0.1) is 0 Å². The van der Waals surface area contributed by atoms with Gasteiger partial charge in [-0.05, 0) is 18.1 Å². The molecule has 1 rings (SSSR count). The standard InChI is InChI=1S/C11H18N2O/c1-2-10(8-14)13-7-9-5-3-4-6-11(9)12/h3-6,10,13-14H,2,7-8,12H2,1H3. The number of anilines is 1. The third kappa shape index (κ3) is 3.01. The Kier molecular flexibility index (Phi) is 4.43. The van der Waals surface area contributed by atoms with Gasteiger partial charge in [0.15, 0.2) is 0 Å². The van der Waals surface area contributed by atoms with Gasteiger partial charge in [-0.25, -0.2) is 0 Å². The third-order valence-corrected chi connectivity index (χ3v) is 2.35. The summed E-state index contributed by atoms with van der Waals surface area (Å²) >= 11 is 0. The summed E-state index contributed by atoms with van der Waals surface area (Å²) in [7, 11) is 0. The van der Waals surface area contributed by atoms with Gasteiger partial charge in [0, 0.05) is 18.3 Å². The first-order chi connectivity index (χ1) is 6.77. The predicted molar refractivity (Wildman–Crippen MR) is 58.9 cm³/mol. The first kappa shape index (κ1) is 11.0. The second kappa shape index (κ2) is 5.62. The number of nitrogens with one attached hydrogen (secondary N) is 1. The number of rotatable bonds is 5. The number of nitrogen functional groups attached to an aromatic ring is 1. The van der Waals surface area contributed by atoms with Gasteiger partial charge in [0.25, 0.3) is 0 Å². The monoisotopic (exact) mass is 194 g/mol. The van der Waals surface area contributed by atoms with Crippen molar-refractivity contribution in [1.29, 1.82) is 0 Å². The summed E-state index contributed by atoms with van der Waals surface area (Å²) in [5.41, 5.74) is 7.67. The van der Waals surface area contributed by atoms with E-state index in [0.717, 1.165) is 17.7 Å². The van der Waals surface area contributed by atoms with Crippen molar-refractivity contribution in [2.45, 2.75) is 25.9 Å². The minimum Gasteiger partial charge on any atom is -0.398 e. The first-order valence-electron chi connectivity index (χ1n) is 4.95. The van der Waals surface area contributed by atoms with E-state index in [-0.39, 0.29) is 12.6 Å². The van der Waals surface area contributed by atoms with E-state index in [4.69, 9.17) is 10.8 Å². The number of para-hydroxylation sites is 1. The molecule has 1 unspecified atom stereocenters. The Balaban J connectivity index is 2.49. The zero-order chi connectivity index (χ0) is 10.4. The fourth-order valence-corrected chi connectivity index (χ4v) is 1.29. The van der Waals surface area contributed by atoms with Gasteiger partial charge in [0.1, 0.15) is 0 Å². The van der Waals surface area contributed by atoms with Crippen LogP contribution in [0.3, 0.4) is 0 Å². The second-order valence-electron chi connectivity index (χ2n) is 3.37. The molecule has 1 atom stereocenters. The molecule has 0 aromatic heterocycles. The highest BCUT2D eigenvalue weighted by molar-refractivity contribution is 5.46. The minimum absolute atomic E-state index is 0.162. The fourth-order valence-electron chi connectivity index (χ4n) is 1.29. The van der Waals surface area contributed by atoms with Crippen LogP contribution in [0.5, 0.6) is 0 Å². The zero-order valence-corrected chi connectivity index (χ0v) is 8.53. The zero-order valence-electron chi connectivity index (χ0n) is 8.53. The fraction of sp³-hybridized carbons (Fsp3) is 0.455. The van der Waals surface area contributed by atoms with E-state index >= 15 is 0 Å². The van der Waals surface area contributed by atoms with E-state index in [2.05, 4.69) is 5.32 Å². The summed E-state index contributed by atoms with van der Waals surface area (Å²) in [6.07, 6.45) is 0.920. The van der Waals surface area contributed by atoms with Crippen molar-refractivity contribution < 1.29 is 5.11 Å². The van der Waals surface area contributed by atoms with Crippen LogP contribution in [-0.4, -0.2) is 17.8 Å². The van der Waals surface area contributed by atoms with Gasteiger partial charge in [-0.3, -0.25) is 0 Å². The Morgan fingerprint density at radius 2 is 2.14 bits per heavy atom. The molecule has 0 radical (unpaired) electrons. The minimum atomic E-state index is 0.162. The van der Waals surface area contributed by atoms with Gasteiger partial charge < -0.3 is 16.2 Å². The van der Waals surface area contributed by atoms with Crippen LogP contribution in [0, 0.1) is 0 Å². The molecule has 3 heteroatoms. The molecule has 0 amide bonds. The maximum Gasteiger partial charge on any atom is 0.0584 e. The quantitative estimate of drug-likeness (QED) is 0.616. The van der Waals surface area contributed by atoms with Gasteiger partial charge in [-0.1, -0.05) is 25.1 Å². The molecule has 0 saturated carbocycles. The highest BCUT2D eigenvalue weighted by Gasteiger charge is 2.04. The molecule has 0 bridgehead atoms. The second-order valence-corrected chi connectivity index (χ2v) is 3.37. The van der Waals surface area contributed by atoms with E-state index < -0.39 is 0 Å². The van der Waals surface area contributed by atoms with E-state index in [0.29, 0.717) is 6.54 Å². The Bertz CT molecular complexity index is 272. The summed E-state index contributed by atoms with van der Waals surface area (Å²) in [6.45, 7) is 2.93. The van der Waals surface area contributed by atoms with Crippen molar-refractivity contribution in [3.63, 3.8) is 0 Å². The van der Waals surface area contributed by atoms with Gasteiger partial charge >= 0.3 is 0 Å². The molecular formula is C11H18N2O. The number of nitrogens with two attached hydrogens (primary N) is 1. The predicted octanol–water partition coefficient (Wildman–Crippen LogP) is 1.13. The van der Waals surface area contributed by atoms with Crippen molar-refractivity contribution in [2.24, 2.45) is 0 Å². The molecule has 0 fully saturated rings. The number of aliphatic hydroxyl groups excluding tert-OH is 1. The molecule has 78 valence electrons. The van der Waals surface area contributed by atoms with Crippen molar-refractivity contribution >= 4 is 5.69 Å². The number of benzene rings is 1. The number of hydrogen-bond donors (Lipinski definition) is 3. The van der Waals surface area contributed by atoms with Crippen LogP contribution >= 0.6 is 0 Å². The number of aliphatic hydroxyl groups is 1. The van der Waals surface area contributed by atoms with Gasteiger partial charge in [0.2, 0.25) is 0 Å². The lowest BCUT2D eigenvalue weighted by atomic mass is 10.1. The smallest absolute Gasteiger partial charge is 0.0584 e. The lowest BCUT2D eigenvalue weighted by Gasteiger charge is -2.14. The third-order valence-electron chi connectivity index (χ3n) is 2.35. The average Bonchev–Trinajstić information content (AvgIpc) is 2.22. The Morgan fingerprint density at radius 1 is 1.43 bits per heavy atom. The SMILES string of the molecule is CCC(CO)NCc1ccccc1N. The molecule has 0 aliphatic carbocycles. The van der Waals surface area contributed by atoms with Crippen LogP contribution in [0.15, 0.2) is 24.3 Å². The molecule has 0 heterocycles. The van der Waals surface area contributed by atoms with Crippen LogP contribution in [-0.2, 0) is 6.54 Å². The summed E-state index contributed by atoms with van der Waals surface area (Å²) in [6, 6.07) is 7.92. The van der Waals surface area contributed by atoms with Crippen LogP contribution in [0.4, 0.5) is 5.69 Å². The van der Waals surface area contributed by atoms with E-state index in [1.807, 2.05) is 31.2 Å². The van der Waals surface area contributed by atoms with Crippen molar-refractivity contribution in [2.75, 3.05) is 12.3 Å². The maximum absolute atomic E-state index is 8.98. The van der Waals surface area contributed by atoms with Crippen LogP contribution < -0.4 is 11.1 Å².